The molecular formula is C15H12ClN. The SMILES string of the molecule is Cc1ccc2ccc(-c3ccccc3Cl)cn12. The van der Waals surface area contributed by atoms with Crippen molar-refractivity contribution in [3.05, 3.63) is 65.4 Å². The number of aromatic nitrogens is 1. The van der Waals surface area contributed by atoms with Crippen LogP contribution in [0.3, 0.4) is 0 Å². The molecule has 2 aromatic heterocycles. The largest absolute Gasteiger partial charge is 0.321 e. The van der Waals surface area contributed by atoms with Crippen molar-refractivity contribution in [1.82, 2.24) is 4.40 Å². The average molecular weight is 242 g/mol. The fourth-order valence-electron chi connectivity index (χ4n) is 2.09. The fourth-order valence-corrected chi connectivity index (χ4v) is 2.34. The predicted octanol–water partition coefficient (Wildman–Crippen LogP) is 4.57. The summed E-state index contributed by atoms with van der Waals surface area (Å²) >= 11 is 6.21. The van der Waals surface area contributed by atoms with Gasteiger partial charge in [0.25, 0.3) is 0 Å². The Morgan fingerprint density at radius 2 is 1.71 bits per heavy atom. The number of halogens is 1. The van der Waals surface area contributed by atoms with Crippen LogP contribution in [0, 0.1) is 6.92 Å². The molecule has 0 fully saturated rings. The molecule has 84 valence electrons. The second kappa shape index (κ2) is 3.94. The molecule has 0 atom stereocenters. The van der Waals surface area contributed by atoms with Gasteiger partial charge in [-0.15, -0.1) is 0 Å². The standard InChI is InChI=1S/C15H12ClN/c1-11-6-8-13-9-7-12(10-17(11)13)14-4-2-3-5-15(14)16/h2-10H,1H3. The molecular weight excluding hydrogens is 230 g/mol. The molecule has 3 aromatic rings. The van der Waals surface area contributed by atoms with Gasteiger partial charge in [-0.1, -0.05) is 35.9 Å². The molecule has 17 heavy (non-hydrogen) atoms. The minimum Gasteiger partial charge on any atom is -0.321 e. The van der Waals surface area contributed by atoms with E-state index in [-0.39, 0.29) is 0 Å². The first-order valence-electron chi connectivity index (χ1n) is 5.58. The zero-order valence-corrected chi connectivity index (χ0v) is 10.3. The molecule has 0 unspecified atom stereocenters. The Labute approximate surface area is 105 Å². The maximum atomic E-state index is 6.21. The number of hydrogen-bond donors (Lipinski definition) is 0. The average Bonchev–Trinajstić information content (AvgIpc) is 2.71. The molecule has 0 saturated heterocycles. The number of fused-ring (bicyclic) bond motifs is 1. The first-order valence-corrected chi connectivity index (χ1v) is 5.96. The van der Waals surface area contributed by atoms with Crippen LogP contribution in [0.15, 0.2) is 54.7 Å². The van der Waals surface area contributed by atoms with E-state index in [1.807, 2.05) is 24.3 Å². The summed E-state index contributed by atoms with van der Waals surface area (Å²) in [7, 11) is 0. The van der Waals surface area contributed by atoms with Crippen LogP contribution in [-0.2, 0) is 0 Å². The fraction of sp³-hybridized carbons (Fsp3) is 0.0667. The summed E-state index contributed by atoms with van der Waals surface area (Å²) < 4.78 is 2.18. The summed E-state index contributed by atoms with van der Waals surface area (Å²) in [6.45, 7) is 2.10. The molecule has 1 aromatic carbocycles. The molecule has 0 aliphatic carbocycles. The van der Waals surface area contributed by atoms with Gasteiger partial charge >= 0.3 is 0 Å². The van der Waals surface area contributed by atoms with Crippen molar-refractivity contribution >= 4 is 17.1 Å². The van der Waals surface area contributed by atoms with E-state index >= 15 is 0 Å². The lowest BCUT2D eigenvalue weighted by molar-refractivity contribution is 1.11. The zero-order chi connectivity index (χ0) is 11.8. The molecule has 0 spiro atoms. The Balaban J connectivity index is 2.24. The quantitative estimate of drug-likeness (QED) is 0.588. The molecule has 1 nitrogen and oxygen atoms in total. The van der Waals surface area contributed by atoms with E-state index in [1.54, 1.807) is 0 Å². The van der Waals surface area contributed by atoms with Crippen LogP contribution in [0.4, 0.5) is 0 Å². The summed E-state index contributed by atoms with van der Waals surface area (Å²) in [4.78, 5) is 0. The molecule has 0 radical (unpaired) electrons. The van der Waals surface area contributed by atoms with Crippen LogP contribution in [0.5, 0.6) is 0 Å². The predicted molar refractivity (Wildman–Crippen MR) is 72.6 cm³/mol. The Morgan fingerprint density at radius 3 is 2.53 bits per heavy atom. The van der Waals surface area contributed by atoms with Gasteiger partial charge in [0.15, 0.2) is 0 Å². The van der Waals surface area contributed by atoms with Crippen molar-refractivity contribution in [2.24, 2.45) is 0 Å². The van der Waals surface area contributed by atoms with Gasteiger partial charge in [0.1, 0.15) is 0 Å². The van der Waals surface area contributed by atoms with E-state index in [0.29, 0.717) is 0 Å². The number of benzene rings is 1. The third-order valence-electron chi connectivity index (χ3n) is 3.04. The van der Waals surface area contributed by atoms with Gasteiger partial charge in [0.2, 0.25) is 0 Å². The summed E-state index contributed by atoms with van der Waals surface area (Å²) in [6.07, 6.45) is 2.13. The third-order valence-corrected chi connectivity index (χ3v) is 3.37. The molecule has 2 heteroatoms. The lowest BCUT2D eigenvalue weighted by Crippen LogP contribution is -1.88. The molecule has 0 N–H and O–H groups in total. The van der Waals surface area contributed by atoms with Gasteiger partial charge in [0, 0.05) is 28.0 Å². The Bertz CT molecular complexity index is 682. The zero-order valence-electron chi connectivity index (χ0n) is 9.52. The second-order valence-electron chi connectivity index (χ2n) is 4.17. The number of aryl methyl sites for hydroxylation is 1. The molecule has 2 heterocycles. The van der Waals surface area contributed by atoms with Gasteiger partial charge in [-0.05, 0) is 36.8 Å². The smallest absolute Gasteiger partial charge is 0.0484 e. The molecule has 3 rings (SSSR count). The number of rotatable bonds is 1. The number of hydrogen-bond acceptors (Lipinski definition) is 0. The topological polar surface area (TPSA) is 4.41 Å². The number of pyridine rings is 1. The molecule has 0 bridgehead atoms. The maximum absolute atomic E-state index is 6.21. The second-order valence-corrected chi connectivity index (χ2v) is 4.57. The third kappa shape index (κ3) is 1.73. The molecule has 0 amide bonds. The lowest BCUT2D eigenvalue weighted by Gasteiger charge is -2.06. The highest BCUT2D eigenvalue weighted by Crippen LogP contribution is 2.28. The van der Waals surface area contributed by atoms with Crippen LogP contribution in [-0.4, -0.2) is 4.40 Å². The lowest BCUT2D eigenvalue weighted by atomic mass is 10.1. The Kier molecular flexibility index (Phi) is 2.41. The minimum absolute atomic E-state index is 0.789. The highest BCUT2D eigenvalue weighted by atomic mass is 35.5. The highest BCUT2D eigenvalue weighted by Gasteiger charge is 2.04. The van der Waals surface area contributed by atoms with E-state index in [0.717, 1.165) is 16.1 Å². The first kappa shape index (κ1) is 10.4. The van der Waals surface area contributed by atoms with Crippen molar-refractivity contribution in [3.63, 3.8) is 0 Å². The summed E-state index contributed by atoms with van der Waals surface area (Å²) in [5.41, 5.74) is 4.65. The van der Waals surface area contributed by atoms with E-state index in [9.17, 15) is 0 Å². The van der Waals surface area contributed by atoms with Crippen molar-refractivity contribution in [3.8, 4) is 11.1 Å². The summed E-state index contributed by atoms with van der Waals surface area (Å²) in [5.74, 6) is 0. The monoisotopic (exact) mass is 241 g/mol. The molecule has 0 aliphatic rings. The van der Waals surface area contributed by atoms with Crippen molar-refractivity contribution in [2.75, 3.05) is 0 Å². The van der Waals surface area contributed by atoms with Crippen molar-refractivity contribution < 1.29 is 0 Å². The van der Waals surface area contributed by atoms with E-state index in [2.05, 4.69) is 41.8 Å². The molecule has 0 aliphatic heterocycles. The van der Waals surface area contributed by atoms with Gasteiger partial charge in [-0.2, -0.15) is 0 Å². The normalized spacial score (nSPS) is 10.9. The van der Waals surface area contributed by atoms with Crippen molar-refractivity contribution in [2.45, 2.75) is 6.92 Å². The van der Waals surface area contributed by atoms with Crippen LogP contribution in [0.1, 0.15) is 5.69 Å². The van der Waals surface area contributed by atoms with E-state index in [1.165, 1.54) is 11.2 Å². The summed E-state index contributed by atoms with van der Waals surface area (Å²) in [5, 5.41) is 0.789. The first-order chi connectivity index (χ1) is 8.25. The van der Waals surface area contributed by atoms with Crippen LogP contribution in [0.25, 0.3) is 16.6 Å². The Morgan fingerprint density at radius 1 is 0.941 bits per heavy atom. The van der Waals surface area contributed by atoms with Gasteiger partial charge in [-0.3, -0.25) is 0 Å². The van der Waals surface area contributed by atoms with Crippen LogP contribution < -0.4 is 0 Å². The van der Waals surface area contributed by atoms with Crippen molar-refractivity contribution in [1.29, 1.82) is 0 Å². The number of nitrogens with zero attached hydrogens (tertiary/aromatic N) is 1. The van der Waals surface area contributed by atoms with E-state index in [4.69, 9.17) is 11.6 Å². The maximum Gasteiger partial charge on any atom is 0.0484 e. The van der Waals surface area contributed by atoms with Gasteiger partial charge < -0.3 is 4.40 Å². The van der Waals surface area contributed by atoms with E-state index < -0.39 is 0 Å². The van der Waals surface area contributed by atoms with Crippen LogP contribution in [0.2, 0.25) is 5.02 Å². The summed E-state index contributed by atoms with van der Waals surface area (Å²) in [6, 6.07) is 16.4. The van der Waals surface area contributed by atoms with Crippen LogP contribution >= 0.6 is 11.6 Å². The Hall–Kier alpha value is -1.73. The van der Waals surface area contributed by atoms with Gasteiger partial charge in [0.05, 0.1) is 0 Å². The van der Waals surface area contributed by atoms with Gasteiger partial charge in [-0.25, -0.2) is 0 Å². The minimum atomic E-state index is 0.789. The highest BCUT2D eigenvalue weighted by molar-refractivity contribution is 6.33. The molecule has 0 saturated carbocycles.